The smallest absolute Gasteiger partial charge is 0.263 e. The number of benzene rings is 2. The normalized spacial score (nSPS) is 9.96. The molecule has 2 aromatic rings. The van der Waals surface area contributed by atoms with Crippen LogP contribution in [-0.4, -0.2) is 41.5 Å². The highest BCUT2D eigenvalue weighted by Gasteiger charge is 2.21. The Bertz CT molecular complexity index is 734. The van der Waals surface area contributed by atoms with Crippen molar-refractivity contribution in [3.63, 3.8) is 0 Å². The second-order valence-corrected chi connectivity index (χ2v) is 4.93. The molecule has 0 bridgehead atoms. The highest BCUT2D eigenvalue weighted by molar-refractivity contribution is 6.09. The Kier molecular flexibility index (Phi) is 5.94. The summed E-state index contributed by atoms with van der Waals surface area (Å²) in [6.45, 7) is 0. The lowest BCUT2D eigenvalue weighted by Gasteiger charge is -2.16. The summed E-state index contributed by atoms with van der Waals surface area (Å²) >= 11 is 0. The maximum Gasteiger partial charge on any atom is 0.263 e. The fourth-order valence-corrected chi connectivity index (χ4v) is 2.32. The number of nitrogens with one attached hydrogen (secondary N) is 1. The van der Waals surface area contributed by atoms with Crippen molar-refractivity contribution >= 4 is 11.6 Å². The van der Waals surface area contributed by atoms with E-state index in [0.717, 1.165) is 0 Å². The quantitative estimate of drug-likeness (QED) is 0.830. The van der Waals surface area contributed by atoms with Crippen molar-refractivity contribution in [2.24, 2.45) is 0 Å². The van der Waals surface area contributed by atoms with E-state index in [1.165, 1.54) is 28.4 Å². The van der Waals surface area contributed by atoms with Crippen LogP contribution in [0, 0.1) is 0 Å². The highest BCUT2D eigenvalue weighted by Crippen LogP contribution is 2.36. The summed E-state index contributed by atoms with van der Waals surface area (Å²) in [4.78, 5) is 12.8. The van der Waals surface area contributed by atoms with Crippen LogP contribution in [0.2, 0.25) is 0 Å². The van der Waals surface area contributed by atoms with E-state index in [0.29, 0.717) is 34.4 Å². The molecule has 0 atom stereocenters. The Morgan fingerprint density at radius 2 is 1.24 bits per heavy atom. The molecule has 25 heavy (non-hydrogen) atoms. The van der Waals surface area contributed by atoms with Crippen molar-refractivity contribution in [1.82, 2.24) is 0 Å². The number of hydrogen-bond acceptors (Lipinski definition) is 6. The number of rotatable bonds is 7. The molecule has 0 saturated carbocycles. The van der Waals surface area contributed by atoms with Crippen LogP contribution in [-0.2, 0) is 0 Å². The van der Waals surface area contributed by atoms with Crippen molar-refractivity contribution in [1.29, 1.82) is 0 Å². The minimum absolute atomic E-state index is 0.253. The minimum Gasteiger partial charge on any atom is -0.497 e. The molecule has 0 radical (unpaired) electrons. The van der Waals surface area contributed by atoms with E-state index < -0.39 is 5.91 Å². The molecule has 1 amide bonds. The molecule has 2 aromatic carbocycles. The minimum atomic E-state index is -0.403. The first-order chi connectivity index (χ1) is 12.1. The number of amides is 1. The Morgan fingerprint density at radius 1 is 0.720 bits per heavy atom. The molecule has 0 saturated heterocycles. The monoisotopic (exact) mass is 347 g/mol. The first kappa shape index (κ1) is 18.3. The number of hydrogen-bond donors (Lipinski definition) is 1. The Balaban J connectivity index is 2.41. The number of ether oxygens (including phenoxy) is 5. The van der Waals surface area contributed by atoms with Gasteiger partial charge in [0.05, 0.1) is 41.2 Å². The van der Waals surface area contributed by atoms with Gasteiger partial charge in [0.2, 0.25) is 0 Å². The van der Waals surface area contributed by atoms with E-state index in [2.05, 4.69) is 5.32 Å². The summed E-state index contributed by atoms with van der Waals surface area (Å²) in [6.07, 6.45) is 0. The molecule has 1 N–H and O–H groups in total. The topological polar surface area (TPSA) is 75.3 Å². The SMILES string of the molecule is COc1ccc(NC(=O)c2c(OC)cc(OC)cc2OC)c(OC)c1. The van der Waals surface area contributed by atoms with Crippen LogP contribution in [0.15, 0.2) is 30.3 Å². The molecule has 0 unspecified atom stereocenters. The van der Waals surface area contributed by atoms with E-state index in [4.69, 9.17) is 23.7 Å². The number of anilines is 1. The second-order valence-electron chi connectivity index (χ2n) is 4.93. The number of carbonyl (C=O) groups is 1. The van der Waals surface area contributed by atoms with Crippen LogP contribution < -0.4 is 29.0 Å². The number of carbonyl (C=O) groups excluding carboxylic acids is 1. The van der Waals surface area contributed by atoms with Gasteiger partial charge in [-0.05, 0) is 12.1 Å². The first-order valence-electron chi connectivity index (χ1n) is 7.41. The van der Waals surface area contributed by atoms with Crippen molar-refractivity contribution in [2.75, 3.05) is 40.9 Å². The van der Waals surface area contributed by atoms with E-state index in [-0.39, 0.29) is 5.56 Å². The first-order valence-corrected chi connectivity index (χ1v) is 7.41. The van der Waals surface area contributed by atoms with Gasteiger partial charge in [-0.15, -0.1) is 0 Å². The van der Waals surface area contributed by atoms with Crippen LogP contribution >= 0.6 is 0 Å². The highest BCUT2D eigenvalue weighted by atomic mass is 16.5. The van der Waals surface area contributed by atoms with Gasteiger partial charge in [0.15, 0.2) is 0 Å². The lowest BCUT2D eigenvalue weighted by atomic mass is 10.1. The molecule has 7 heteroatoms. The summed E-state index contributed by atoms with van der Waals surface area (Å²) in [5.74, 6) is 1.88. The molecule has 0 aliphatic heterocycles. The predicted octanol–water partition coefficient (Wildman–Crippen LogP) is 2.98. The van der Waals surface area contributed by atoms with E-state index in [9.17, 15) is 4.79 Å². The molecular weight excluding hydrogens is 326 g/mol. The maximum absolute atomic E-state index is 12.8. The van der Waals surface area contributed by atoms with Gasteiger partial charge in [0.1, 0.15) is 34.3 Å². The molecule has 2 rings (SSSR count). The van der Waals surface area contributed by atoms with Gasteiger partial charge in [-0.1, -0.05) is 0 Å². The molecule has 0 fully saturated rings. The van der Waals surface area contributed by atoms with Crippen molar-refractivity contribution < 1.29 is 28.5 Å². The van der Waals surface area contributed by atoms with Crippen LogP contribution in [0.4, 0.5) is 5.69 Å². The van der Waals surface area contributed by atoms with Crippen molar-refractivity contribution in [3.8, 4) is 28.7 Å². The Labute approximate surface area is 146 Å². The summed E-state index contributed by atoms with van der Waals surface area (Å²) < 4.78 is 26.3. The van der Waals surface area contributed by atoms with E-state index >= 15 is 0 Å². The zero-order valence-corrected chi connectivity index (χ0v) is 14.8. The average molecular weight is 347 g/mol. The van der Waals surface area contributed by atoms with E-state index in [1.54, 1.807) is 37.4 Å². The van der Waals surface area contributed by atoms with Crippen molar-refractivity contribution in [2.45, 2.75) is 0 Å². The molecule has 0 aliphatic rings. The number of methoxy groups -OCH3 is 5. The zero-order valence-electron chi connectivity index (χ0n) is 14.8. The van der Waals surface area contributed by atoms with Crippen LogP contribution in [0.25, 0.3) is 0 Å². The lowest BCUT2D eigenvalue weighted by Crippen LogP contribution is -2.15. The van der Waals surface area contributed by atoms with E-state index in [1.807, 2.05) is 0 Å². The summed E-state index contributed by atoms with van der Waals surface area (Å²) in [6, 6.07) is 8.32. The summed E-state index contributed by atoms with van der Waals surface area (Å²) in [5.41, 5.74) is 0.747. The third-order valence-electron chi connectivity index (χ3n) is 3.60. The Morgan fingerprint density at radius 3 is 1.72 bits per heavy atom. The summed E-state index contributed by atoms with van der Waals surface area (Å²) in [7, 11) is 7.53. The second kappa shape index (κ2) is 8.14. The third-order valence-corrected chi connectivity index (χ3v) is 3.60. The lowest BCUT2D eigenvalue weighted by molar-refractivity contribution is 0.102. The standard InChI is InChI=1S/C18H21NO6/c1-21-11-6-7-13(14(8-11)23-3)19-18(20)17-15(24-4)9-12(22-2)10-16(17)25-5/h6-10H,1-5H3,(H,19,20). The maximum atomic E-state index is 12.8. The van der Waals surface area contributed by atoms with Crippen LogP contribution in [0.3, 0.4) is 0 Å². The van der Waals surface area contributed by atoms with Gasteiger partial charge in [-0.3, -0.25) is 4.79 Å². The van der Waals surface area contributed by atoms with Gasteiger partial charge in [-0.2, -0.15) is 0 Å². The Hall–Kier alpha value is -3.09. The van der Waals surface area contributed by atoms with Gasteiger partial charge in [-0.25, -0.2) is 0 Å². The van der Waals surface area contributed by atoms with Gasteiger partial charge >= 0.3 is 0 Å². The fraction of sp³-hybridized carbons (Fsp3) is 0.278. The molecule has 0 spiro atoms. The molecule has 0 aliphatic carbocycles. The fourth-order valence-electron chi connectivity index (χ4n) is 2.32. The molecule has 0 aromatic heterocycles. The predicted molar refractivity (Wildman–Crippen MR) is 93.6 cm³/mol. The summed E-state index contributed by atoms with van der Waals surface area (Å²) in [5, 5.41) is 2.80. The van der Waals surface area contributed by atoms with Crippen LogP contribution in [0.5, 0.6) is 28.7 Å². The van der Waals surface area contributed by atoms with Gasteiger partial charge < -0.3 is 29.0 Å². The molecular formula is C18H21NO6. The third kappa shape index (κ3) is 3.88. The zero-order chi connectivity index (χ0) is 18.4. The van der Waals surface area contributed by atoms with Crippen LogP contribution in [0.1, 0.15) is 10.4 Å². The molecule has 7 nitrogen and oxygen atoms in total. The van der Waals surface area contributed by atoms with Crippen molar-refractivity contribution in [3.05, 3.63) is 35.9 Å². The van der Waals surface area contributed by atoms with Gasteiger partial charge in [0.25, 0.3) is 5.91 Å². The molecule has 134 valence electrons. The molecule has 0 heterocycles. The largest absolute Gasteiger partial charge is 0.497 e. The van der Waals surface area contributed by atoms with Gasteiger partial charge in [0, 0.05) is 18.2 Å². The average Bonchev–Trinajstić information content (AvgIpc) is 2.66.